The second kappa shape index (κ2) is 8.03. The molecule has 1 fully saturated rings. The van der Waals surface area contributed by atoms with Gasteiger partial charge in [-0.1, -0.05) is 58.1 Å². The molecule has 0 aliphatic carbocycles. The van der Waals surface area contributed by atoms with E-state index in [1.54, 1.807) is 13.2 Å². The highest BCUT2D eigenvalue weighted by atomic mass is 79.9. The van der Waals surface area contributed by atoms with Crippen LogP contribution in [0.3, 0.4) is 0 Å². The first-order chi connectivity index (χ1) is 12.0. The second-order valence-electron chi connectivity index (χ2n) is 5.18. The first-order valence-corrected chi connectivity index (χ1v) is 9.37. The Morgan fingerprint density at radius 1 is 1.24 bits per heavy atom. The van der Waals surface area contributed by atoms with Gasteiger partial charge >= 0.3 is 0 Å². The fraction of sp³-hybridized carbons (Fsp3) is 0.111. The van der Waals surface area contributed by atoms with Gasteiger partial charge in [-0.3, -0.25) is 4.79 Å². The number of nitrogens with one attached hydrogen (secondary N) is 1. The molecule has 25 heavy (non-hydrogen) atoms. The van der Waals surface area contributed by atoms with Crippen molar-refractivity contribution in [2.24, 2.45) is 0 Å². The molecular weight excluding hydrogens is 422 g/mol. The van der Waals surface area contributed by atoms with Gasteiger partial charge in [0, 0.05) is 4.47 Å². The van der Waals surface area contributed by atoms with E-state index in [0.29, 0.717) is 27.3 Å². The highest BCUT2D eigenvalue weighted by Crippen LogP contribution is 2.32. The average Bonchev–Trinajstić information content (AvgIpc) is 2.91. The molecule has 7 heteroatoms. The zero-order chi connectivity index (χ0) is 17.8. The summed E-state index contributed by atoms with van der Waals surface area (Å²) < 4.78 is 12.8. The van der Waals surface area contributed by atoms with Crippen LogP contribution < -0.4 is 14.8 Å². The standard InChI is InChI=1S/C18H14BrNO3S2/c1-22-15-8-11(9-16-17(21)20-18(24)25-16)5-6-14(15)23-10-12-3-2-4-13(19)7-12/h2-9H,10H2,1H3,(H,20,21,24)/b16-9+. The predicted octanol–water partition coefficient (Wildman–Crippen LogP) is 4.53. The molecule has 1 aliphatic heterocycles. The lowest BCUT2D eigenvalue weighted by Crippen LogP contribution is -2.17. The molecule has 128 valence electrons. The summed E-state index contributed by atoms with van der Waals surface area (Å²) in [5.74, 6) is 1.07. The predicted molar refractivity (Wildman–Crippen MR) is 108 cm³/mol. The van der Waals surface area contributed by atoms with Gasteiger partial charge in [-0.15, -0.1) is 0 Å². The second-order valence-corrected chi connectivity index (χ2v) is 7.82. The van der Waals surface area contributed by atoms with Crippen LogP contribution in [0.1, 0.15) is 11.1 Å². The Labute approximate surface area is 163 Å². The van der Waals surface area contributed by atoms with Crippen LogP contribution in [0, 0.1) is 0 Å². The zero-order valence-electron chi connectivity index (χ0n) is 13.2. The van der Waals surface area contributed by atoms with Crippen molar-refractivity contribution >= 4 is 56.2 Å². The van der Waals surface area contributed by atoms with Crippen LogP contribution in [0.15, 0.2) is 51.8 Å². The van der Waals surface area contributed by atoms with Gasteiger partial charge in [0.05, 0.1) is 12.0 Å². The Morgan fingerprint density at radius 2 is 2.08 bits per heavy atom. The molecule has 2 aromatic rings. The fourth-order valence-electron chi connectivity index (χ4n) is 2.25. The number of benzene rings is 2. The van der Waals surface area contributed by atoms with Crippen molar-refractivity contribution < 1.29 is 14.3 Å². The molecular formula is C18H14BrNO3S2. The van der Waals surface area contributed by atoms with E-state index in [2.05, 4.69) is 21.2 Å². The van der Waals surface area contributed by atoms with Crippen molar-refractivity contribution in [1.29, 1.82) is 0 Å². The van der Waals surface area contributed by atoms with Crippen LogP contribution in [0.4, 0.5) is 0 Å². The summed E-state index contributed by atoms with van der Waals surface area (Å²) in [5.41, 5.74) is 1.89. The van der Waals surface area contributed by atoms with Crippen LogP contribution in [-0.2, 0) is 11.4 Å². The third-order valence-corrected chi connectivity index (χ3v) is 5.07. The fourth-order valence-corrected chi connectivity index (χ4v) is 3.74. The molecule has 0 unspecified atom stereocenters. The molecule has 1 heterocycles. The van der Waals surface area contributed by atoms with E-state index >= 15 is 0 Å². The van der Waals surface area contributed by atoms with Gasteiger partial charge in [0.15, 0.2) is 11.5 Å². The lowest BCUT2D eigenvalue weighted by Gasteiger charge is -2.11. The molecule has 1 N–H and O–H groups in total. The smallest absolute Gasteiger partial charge is 0.263 e. The number of thiocarbonyl (C=S) groups is 1. The van der Waals surface area contributed by atoms with Crippen molar-refractivity contribution in [2.75, 3.05) is 7.11 Å². The lowest BCUT2D eigenvalue weighted by molar-refractivity contribution is -0.115. The van der Waals surface area contributed by atoms with Crippen molar-refractivity contribution in [3.63, 3.8) is 0 Å². The quantitative estimate of drug-likeness (QED) is 0.552. The highest BCUT2D eigenvalue weighted by molar-refractivity contribution is 9.10. The summed E-state index contributed by atoms with van der Waals surface area (Å²) >= 11 is 9.69. The van der Waals surface area contributed by atoms with E-state index in [0.717, 1.165) is 15.6 Å². The van der Waals surface area contributed by atoms with E-state index in [1.165, 1.54) is 11.8 Å². The number of halogens is 1. The number of hydrogen-bond acceptors (Lipinski definition) is 5. The number of rotatable bonds is 5. The van der Waals surface area contributed by atoms with Gasteiger partial charge in [0.2, 0.25) is 0 Å². The first kappa shape index (κ1) is 18.0. The van der Waals surface area contributed by atoms with Gasteiger partial charge in [0.1, 0.15) is 10.9 Å². The number of methoxy groups -OCH3 is 1. The number of carbonyl (C=O) groups excluding carboxylic acids is 1. The molecule has 0 bridgehead atoms. The number of carbonyl (C=O) groups is 1. The summed E-state index contributed by atoms with van der Waals surface area (Å²) in [4.78, 5) is 12.3. The van der Waals surface area contributed by atoms with Crippen molar-refractivity contribution in [2.45, 2.75) is 6.61 Å². The van der Waals surface area contributed by atoms with Crippen LogP contribution in [0.2, 0.25) is 0 Å². The highest BCUT2D eigenvalue weighted by Gasteiger charge is 2.22. The molecule has 1 aliphatic rings. The van der Waals surface area contributed by atoms with E-state index in [1.807, 2.05) is 42.5 Å². The van der Waals surface area contributed by atoms with E-state index in [-0.39, 0.29) is 5.91 Å². The third kappa shape index (κ3) is 4.62. The van der Waals surface area contributed by atoms with E-state index < -0.39 is 0 Å². The number of thioether (sulfide) groups is 1. The van der Waals surface area contributed by atoms with Crippen LogP contribution >= 0.6 is 39.9 Å². The summed E-state index contributed by atoms with van der Waals surface area (Å²) in [6.07, 6.45) is 1.78. The van der Waals surface area contributed by atoms with Gasteiger partial charge in [-0.05, 0) is 41.5 Å². The summed E-state index contributed by atoms with van der Waals surface area (Å²) in [6.45, 7) is 0.433. The maximum absolute atomic E-state index is 11.7. The molecule has 3 rings (SSSR count). The average molecular weight is 436 g/mol. The Kier molecular flexibility index (Phi) is 5.78. The zero-order valence-corrected chi connectivity index (χ0v) is 16.5. The normalized spacial score (nSPS) is 15.4. The summed E-state index contributed by atoms with van der Waals surface area (Å²) in [6, 6.07) is 13.5. The van der Waals surface area contributed by atoms with Gasteiger partial charge in [0.25, 0.3) is 5.91 Å². The van der Waals surface area contributed by atoms with Crippen LogP contribution in [0.25, 0.3) is 6.08 Å². The SMILES string of the molecule is COc1cc(/C=C2/SC(=S)NC2=O)ccc1OCc1cccc(Br)c1. The maximum Gasteiger partial charge on any atom is 0.263 e. The molecule has 0 spiro atoms. The minimum atomic E-state index is -0.177. The molecule has 1 amide bonds. The topological polar surface area (TPSA) is 47.6 Å². The molecule has 2 aromatic carbocycles. The lowest BCUT2D eigenvalue weighted by atomic mass is 10.2. The Bertz CT molecular complexity index is 867. The minimum Gasteiger partial charge on any atom is -0.493 e. The summed E-state index contributed by atoms with van der Waals surface area (Å²) in [7, 11) is 1.59. The Morgan fingerprint density at radius 3 is 2.76 bits per heavy atom. The number of ether oxygens (including phenoxy) is 2. The monoisotopic (exact) mass is 435 g/mol. The van der Waals surface area contributed by atoms with Gasteiger partial charge in [-0.25, -0.2) is 0 Å². The van der Waals surface area contributed by atoms with E-state index in [9.17, 15) is 4.79 Å². The number of hydrogen-bond donors (Lipinski definition) is 1. The molecule has 0 saturated carbocycles. The molecule has 0 atom stereocenters. The van der Waals surface area contributed by atoms with E-state index in [4.69, 9.17) is 21.7 Å². The van der Waals surface area contributed by atoms with Crippen molar-refractivity contribution in [3.05, 3.63) is 63.0 Å². The Hall–Kier alpha value is -1.83. The Balaban J connectivity index is 1.77. The number of amides is 1. The third-order valence-electron chi connectivity index (χ3n) is 3.41. The van der Waals surface area contributed by atoms with Gasteiger partial charge < -0.3 is 14.8 Å². The largest absolute Gasteiger partial charge is 0.493 e. The summed E-state index contributed by atoms with van der Waals surface area (Å²) in [5, 5.41) is 2.60. The molecule has 4 nitrogen and oxygen atoms in total. The van der Waals surface area contributed by atoms with Crippen molar-refractivity contribution in [1.82, 2.24) is 5.32 Å². The van der Waals surface area contributed by atoms with Crippen LogP contribution in [-0.4, -0.2) is 17.3 Å². The van der Waals surface area contributed by atoms with Gasteiger partial charge in [-0.2, -0.15) is 0 Å². The maximum atomic E-state index is 11.7. The molecule has 0 radical (unpaired) electrons. The van der Waals surface area contributed by atoms with Crippen molar-refractivity contribution in [3.8, 4) is 11.5 Å². The molecule has 1 saturated heterocycles. The van der Waals surface area contributed by atoms with Crippen LogP contribution in [0.5, 0.6) is 11.5 Å². The first-order valence-electron chi connectivity index (χ1n) is 7.35. The minimum absolute atomic E-state index is 0.177. The molecule has 0 aromatic heterocycles.